The topological polar surface area (TPSA) is 49.4 Å². The number of benzene rings is 1. The summed E-state index contributed by atoms with van der Waals surface area (Å²) in [5.41, 5.74) is 2.11. The lowest BCUT2D eigenvalue weighted by molar-refractivity contribution is 0.428. The number of rotatable bonds is 2. The smallest absolute Gasteiger partial charge is 0.178 e. The van der Waals surface area contributed by atoms with E-state index in [1.165, 1.54) is 0 Å². The minimum absolute atomic E-state index is 0.293. The van der Waals surface area contributed by atoms with Crippen LogP contribution in [0.5, 0.6) is 0 Å². The minimum Gasteiger partial charge on any atom is -0.369 e. The highest BCUT2D eigenvalue weighted by molar-refractivity contribution is 7.91. The van der Waals surface area contributed by atoms with Crippen molar-refractivity contribution in [2.24, 2.45) is 0 Å². The molecule has 0 atom stereocenters. The molecule has 0 radical (unpaired) electrons. The van der Waals surface area contributed by atoms with E-state index >= 15 is 0 Å². The minimum atomic E-state index is -3.03. The Morgan fingerprint density at radius 1 is 1.33 bits per heavy atom. The van der Waals surface area contributed by atoms with E-state index in [0.717, 1.165) is 37.2 Å². The van der Waals surface area contributed by atoms with Crippen molar-refractivity contribution in [1.82, 2.24) is 5.32 Å². The predicted octanol–water partition coefficient (Wildman–Crippen LogP) is 0.815. The van der Waals surface area contributed by atoms with Crippen LogP contribution in [-0.2, 0) is 16.3 Å². The average Bonchev–Trinajstić information content (AvgIpc) is 2.25. The number of fused-ring (bicyclic) bond motifs is 1. The molecule has 0 amide bonds. The third-order valence-electron chi connectivity index (χ3n) is 3.95. The van der Waals surface area contributed by atoms with Crippen molar-refractivity contribution in [2.75, 3.05) is 30.8 Å². The van der Waals surface area contributed by atoms with E-state index in [1.807, 2.05) is 12.1 Å². The highest BCUT2D eigenvalue weighted by atomic mass is 32.2. The molecule has 0 spiro atoms. The van der Waals surface area contributed by atoms with Gasteiger partial charge in [0, 0.05) is 25.8 Å². The lowest BCUT2D eigenvalue weighted by Crippen LogP contribution is -2.56. The zero-order valence-corrected chi connectivity index (χ0v) is 11.3. The summed E-state index contributed by atoms with van der Waals surface area (Å²) in [4.78, 5) is 2.77. The molecule has 1 fully saturated rings. The molecule has 3 rings (SSSR count). The van der Waals surface area contributed by atoms with Gasteiger partial charge in [-0.3, -0.25) is 0 Å². The number of sulfone groups is 1. The van der Waals surface area contributed by atoms with Crippen LogP contribution in [-0.4, -0.2) is 40.3 Å². The van der Waals surface area contributed by atoms with Gasteiger partial charge in [0.05, 0.1) is 16.7 Å². The maximum absolute atomic E-state index is 11.9. The van der Waals surface area contributed by atoms with Gasteiger partial charge in [0.2, 0.25) is 0 Å². The van der Waals surface area contributed by atoms with Crippen molar-refractivity contribution in [3.63, 3.8) is 0 Å². The lowest BCUT2D eigenvalue weighted by atomic mass is 10.1. The largest absolute Gasteiger partial charge is 0.369 e. The highest BCUT2D eigenvalue weighted by Crippen LogP contribution is 2.29. The Morgan fingerprint density at radius 3 is 2.78 bits per heavy atom. The van der Waals surface area contributed by atoms with Crippen LogP contribution in [0.2, 0.25) is 0 Å². The van der Waals surface area contributed by atoms with Crippen LogP contribution in [0.15, 0.2) is 23.1 Å². The van der Waals surface area contributed by atoms with E-state index in [4.69, 9.17) is 0 Å². The Hall–Kier alpha value is -1.07. The third kappa shape index (κ3) is 1.91. The van der Waals surface area contributed by atoms with Gasteiger partial charge in [-0.25, -0.2) is 8.42 Å². The normalized spacial score (nSPS) is 22.1. The highest BCUT2D eigenvalue weighted by Gasteiger charge is 2.26. The Bertz CT molecular complexity index is 564. The molecule has 1 saturated heterocycles. The SMILES string of the molecule is CN(c1ccc2c(c1)CCCS2(=O)=O)C1CNC1. The fourth-order valence-corrected chi connectivity index (χ4v) is 4.18. The van der Waals surface area contributed by atoms with E-state index in [-0.39, 0.29) is 0 Å². The second kappa shape index (κ2) is 4.24. The zero-order chi connectivity index (χ0) is 12.8. The van der Waals surface area contributed by atoms with Gasteiger partial charge in [-0.15, -0.1) is 0 Å². The Labute approximate surface area is 108 Å². The van der Waals surface area contributed by atoms with E-state index < -0.39 is 9.84 Å². The molecule has 1 aromatic rings. The Balaban J connectivity index is 1.95. The van der Waals surface area contributed by atoms with Crippen LogP contribution in [0.3, 0.4) is 0 Å². The molecular weight excluding hydrogens is 248 g/mol. The molecule has 98 valence electrons. The van der Waals surface area contributed by atoms with Crippen LogP contribution in [0.25, 0.3) is 0 Å². The standard InChI is InChI=1S/C13H18N2O2S/c1-15(12-8-14-9-12)11-4-5-13-10(7-11)3-2-6-18(13,16)17/h4-5,7,12,14H,2-3,6,8-9H2,1H3. The number of aryl methyl sites for hydroxylation is 1. The molecule has 1 N–H and O–H groups in total. The van der Waals surface area contributed by atoms with Gasteiger partial charge < -0.3 is 10.2 Å². The summed E-state index contributed by atoms with van der Waals surface area (Å²) in [6.45, 7) is 2.01. The van der Waals surface area contributed by atoms with E-state index in [2.05, 4.69) is 17.3 Å². The summed E-state index contributed by atoms with van der Waals surface area (Å²) in [5, 5.41) is 3.25. The molecule has 0 bridgehead atoms. The molecule has 1 aromatic carbocycles. The van der Waals surface area contributed by atoms with Crippen molar-refractivity contribution < 1.29 is 8.42 Å². The van der Waals surface area contributed by atoms with Crippen LogP contribution in [0.4, 0.5) is 5.69 Å². The molecule has 2 aliphatic rings. The first-order chi connectivity index (χ1) is 8.58. The molecular formula is C13H18N2O2S. The summed E-state index contributed by atoms with van der Waals surface area (Å²) >= 11 is 0. The Kier molecular flexibility index (Phi) is 2.83. The second-order valence-corrected chi connectivity index (χ2v) is 7.21. The van der Waals surface area contributed by atoms with Crippen molar-refractivity contribution in [1.29, 1.82) is 0 Å². The molecule has 0 unspecified atom stereocenters. The molecule has 2 heterocycles. The lowest BCUT2D eigenvalue weighted by Gasteiger charge is -2.37. The molecule has 0 aliphatic carbocycles. The third-order valence-corrected chi connectivity index (χ3v) is 5.85. The first-order valence-corrected chi connectivity index (χ1v) is 8.02. The van der Waals surface area contributed by atoms with Crippen LogP contribution in [0.1, 0.15) is 12.0 Å². The number of nitrogens with zero attached hydrogens (tertiary/aromatic N) is 1. The molecule has 4 nitrogen and oxygen atoms in total. The summed E-state index contributed by atoms with van der Waals surface area (Å²) in [5.74, 6) is 0.293. The van der Waals surface area contributed by atoms with Gasteiger partial charge in [-0.05, 0) is 36.6 Å². The van der Waals surface area contributed by atoms with Crippen LogP contribution < -0.4 is 10.2 Å². The summed E-state index contributed by atoms with van der Waals surface area (Å²) in [7, 11) is -0.953. The van der Waals surface area contributed by atoms with Crippen LogP contribution >= 0.6 is 0 Å². The van der Waals surface area contributed by atoms with Gasteiger partial charge in [-0.2, -0.15) is 0 Å². The van der Waals surface area contributed by atoms with Gasteiger partial charge in [0.15, 0.2) is 9.84 Å². The first kappa shape index (κ1) is 12.0. The second-order valence-electron chi connectivity index (χ2n) is 5.14. The monoisotopic (exact) mass is 266 g/mol. The summed E-state index contributed by atoms with van der Waals surface area (Å²) in [6.07, 6.45) is 1.62. The van der Waals surface area contributed by atoms with E-state index in [9.17, 15) is 8.42 Å². The van der Waals surface area contributed by atoms with Crippen molar-refractivity contribution >= 4 is 15.5 Å². The first-order valence-electron chi connectivity index (χ1n) is 6.37. The number of hydrogen-bond acceptors (Lipinski definition) is 4. The number of anilines is 1. The average molecular weight is 266 g/mol. The van der Waals surface area contributed by atoms with Gasteiger partial charge in [-0.1, -0.05) is 0 Å². The van der Waals surface area contributed by atoms with Crippen molar-refractivity contribution in [3.8, 4) is 0 Å². The summed E-state index contributed by atoms with van der Waals surface area (Å²) in [6, 6.07) is 6.29. The number of likely N-dealkylation sites (N-methyl/N-ethyl adjacent to an activating group) is 1. The number of hydrogen-bond donors (Lipinski definition) is 1. The maximum Gasteiger partial charge on any atom is 0.178 e. The predicted molar refractivity (Wildman–Crippen MR) is 71.9 cm³/mol. The van der Waals surface area contributed by atoms with Crippen molar-refractivity contribution in [2.45, 2.75) is 23.8 Å². The van der Waals surface area contributed by atoms with Gasteiger partial charge in [0.1, 0.15) is 0 Å². The Morgan fingerprint density at radius 2 is 2.11 bits per heavy atom. The fraction of sp³-hybridized carbons (Fsp3) is 0.538. The number of nitrogens with one attached hydrogen (secondary N) is 1. The quantitative estimate of drug-likeness (QED) is 0.861. The fourth-order valence-electron chi connectivity index (χ4n) is 2.60. The molecule has 0 saturated carbocycles. The summed E-state index contributed by atoms with van der Waals surface area (Å²) < 4.78 is 23.9. The molecule has 18 heavy (non-hydrogen) atoms. The molecule has 5 heteroatoms. The molecule has 2 aliphatic heterocycles. The molecule has 0 aromatic heterocycles. The van der Waals surface area contributed by atoms with E-state index in [1.54, 1.807) is 6.07 Å². The van der Waals surface area contributed by atoms with Gasteiger partial charge in [0.25, 0.3) is 0 Å². The maximum atomic E-state index is 11.9. The van der Waals surface area contributed by atoms with Crippen LogP contribution in [0, 0.1) is 0 Å². The van der Waals surface area contributed by atoms with Gasteiger partial charge >= 0.3 is 0 Å². The van der Waals surface area contributed by atoms with Crippen molar-refractivity contribution in [3.05, 3.63) is 23.8 Å². The zero-order valence-electron chi connectivity index (χ0n) is 10.5. The van der Waals surface area contributed by atoms with E-state index in [0.29, 0.717) is 16.7 Å².